The summed E-state index contributed by atoms with van der Waals surface area (Å²) in [5, 5.41) is 2.07. The highest BCUT2D eigenvalue weighted by Gasteiger charge is 2.52. The quantitative estimate of drug-likeness (QED) is 0.249. The van der Waals surface area contributed by atoms with Crippen LogP contribution in [0.3, 0.4) is 0 Å². The summed E-state index contributed by atoms with van der Waals surface area (Å²) in [4.78, 5) is 5.04. The van der Waals surface area contributed by atoms with Crippen LogP contribution >= 0.6 is 0 Å². The van der Waals surface area contributed by atoms with Crippen molar-refractivity contribution in [1.82, 2.24) is 18.5 Å². The molecule has 13 rings (SSSR count). The molecule has 266 valence electrons. The highest BCUT2D eigenvalue weighted by Crippen LogP contribution is 2.63. The van der Waals surface area contributed by atoms with Gasteiger partial charge in [0.05, 0.1) is 44.2 Å². The van der Waals surface area contributed by atoms with Crippen LogP contribution in [0.25, 0.3) is 83.3 Å². The third-order valence-electron chi connectivity index (χ3n) is 13.6. The van der Waals surface area contributed by atoms with Crippen molar-refractivity contribution in [3.05, 3.63) is 156 Å². The number of fused-ring (bicyclic) bond motifs is 18. The van der Waals surface area contributed by atoms with Crippen LogP contribution in [0.5, 0.6) is 0 Å². The second-order valence-corrected chi connectivity index (χ2v) is 16.4. The van der Waals surface area contributed by atoms with Crippen molar-refractivity contribution in [3.8, 4) is 33.6 Å². The first-order valence-electron chi connectivity index (χ1n) is 20.3. The summed E-state index contributed by atoms with van der Waals surface area (Å²) in [5.74, 6) is 0.421. The maximum Gasteiger partial charge on any atom is 0.220 e. The van der Waals surface area contributed by atoms with E-state index in [2.05, 4.69) is 138 Å². The van der Waals surface area contributed by atoms with E-state index < -0.39 is 5.41 Å². The molecule has 0 saturated heterocycles. The Kier molecular flexibility index (Phi) is 7.12. The third kappa shape index (κ3) is 4.12. The summed E-state index contributed by atoms with van der Waals surface area (Å²) in [6.45, 7) is 0. The van der Waals surface area contributed by atoms with Crippen LogP contribution in [0.1, 0.15) is 22.3 Å². The number of imidazole rings is 2. The Morgan fingerprint density at radius 2 is 0.935 bits per heavy atom. The van der Waals surface area contributed by atoms with E-state index >= 15 is 0 Å². The van der Waals surface area contributed by atoms with Gasteiger partial charge in [-0.1, -0.05) is 125 Å². The van der Waals surface area contributed by atoms with Crippen LogP contribution < -0.4 is 43.7 Å². The third-order valence-corrected chi connectivity index (χ3v) is 13.6. The molecular formula is C50H22B8N4. The number of hydrogen-bond donors (Lipinski definition) is 0. The molecular weight excluding hydrogens is 743 g/mol. The largest absolute Gasteiger partial charge is 0.309 e. The van der Waals surface area contributed by atoms with Gasteiger partial charge in [0.25, 0.3) is 0 Å². The van der Waals surface area contributed by atoms with Gasteiger partial charge in [0.15, 0.2) is 0 Å². The number of aromatic nitrogens is 4. The van der Waals surface area contributed by atoms with Gasteiger partial charge in [-0.05, 0) is 69.3 Å². The van der Waals surface area contributed by atoms with Crippen molar-refractivity contribution in [1.29, 1.82) is 0 Å². The zero-order chi connectivity index (χ0) is 42.1. The smallest absolute Gasteiger partial charge is 0.220 e. The van der Waals surface area contributed by atoms with E-state index in [0.29, 0.717) is 27.8 Å². The fraction of sp³-hybridized carbons (Fsp3) is 0.0200. The maximum absolute atomic E-state index is 6.87. The number of rotatable bonds is 2. The van der Waals surface area contributed by atoms with Gasteiger partial charge in [-0.25, -0.2) is 4.98 Å². The monoisotopic (exact) mass is 766 g/mol. The van der Waals surface area contributed by atoms with Crippen molar-refractivity contribution in [2.45, 2.75) is 5.41 Å². The lowest BCUT2D eigenvalue weighted by atomic mass is 9.65. The number of para-hydroxylation sites is 1. The standard InChI is InChI=1S/C50H22B8N4/c51-37-38(52)42(56)46-45(41(37)55)59-49-60(47-43(57)39(53)40(54)44(58)48(47)62(46)49)23-20-21-34-28(22-23)26-12-4-8-18-33(26)61(34)35-19-9-17-32-36(35)27-13-3-7-16-31(27)50(32)29-14-5-1-10-24(29)25-11-2-6-15-30(25)50/h1-22H. The molecule has 62 heavy (non-hydrogen) atoms. The SMILES string of the molecule is [B]c1c([B])c([B])c2c(nc3n(-c4ccc5c(c4)c4ccccc4n5-c4cccc5c4-c4ccccc4C54c5ccccc5-c5ccccc54)c4c([B])c([B])c([B])c([B])c4n23)c1[B]. The van der Waals surface area contributed by atoms with Crippen LogP contribution in [-0.2, 0) is 5.41 Å². The predicted octanol–water partition coefficient (Wildman–Crippen LogP) is 2.22. The Balaban J connectivity index is 1.12. The van der Waals surface area contributed by atoms with Crippen LogP contribution in [0.2, 0.25) is 0 Å². The zero-order valence-corrected chi connectivity index (χ0v) is 33.1. The minimum atomic E-state index is -0.481. The van der Waals surface area contributed by atoms with Gasteiger partial charge in [0.1, 0.15) is 62.8 Å². The summed E-state index contributed by atoms with van der Waals surface area (Å²) in [5.41, 5.74) is 16.7. The number of benzene rings is 8. The van der Waals surface area contributed by atoms with E-state index in [1.54, 1.807) is 4.40 Å². The Bertz CT molecular complexity index is 3830. The van der Waals surface area contributed by atoms with E-state index in [1.165, 1.54) is 44.5 Å². The lowest BCUT2D eigenvalue weighted by Gasteiger charge is -2.30. The average Bonchev–Trinajstić information content (AvgIpc) is 4.09. The van der Waals surface area contributed by atoms with Gasteiger partial charge < -0.3 is 4.57 Å². The second-order valence-electron chi connectivity index (χ2n) is 16.4. The topological polar surface area (TPSA) is 27.2 Å². The number of nitrogens with zero attached hydrogens (tertiary/aromatic N) is 4. The summed E-state index contributed by atoms with van der Waals surface area (Å²) in [6.07, 6.45) is 0. The first-order chi connectivity index (χ1) is 30.1. The molecule has 3 aromatic heterocycles. The number of hydrogen-bond acceptors (Lipinski definition) is 1. The van der Waals surface area contributed by atoms with E-state index in [9.17, 15) is 0 Å². The van der Waals surface area contributed by atoms with Crippen molar-refractivity contribution in [3.63, 3.8) is 0 Å². The molecule has 3 heterocycles. The molecule has 0 aliphatic heterocycles. The average molecular weight is 765 g/mol. The first-order valence-corrected chi connectivity index (χ1v) is 20.3. The molecule has 2 aliphatic carbocycles. The Labute approximate surface area is 367 Å². The van der Waals surface area contributed by atoms with Gasteiger partial charge in [0.2, 0.25) is 5.78 Å². The molecule has 11 aromatic rings. The molecule has 0 fully saturated rings. The Morgan fingerprint density at radius 3 is 1.63 bits per heavy atom. The molecule has 0 atom stereocenters. The van der Waals surface area contributed by atoms with E-state index in [-0.39, 0.29) is 43.7 Å². The van der Waals surface area contributed by atoms with Gasteiger partial charge in [0, 0.05) is 22.0 Å². The summed E-state index contributed by atoms with van der Waals surface area (Å²) >= 11 is 0. The van der Waals surface area contributed by atoms with Crippen molar-refractivity contribution >= 4 is 156 Å². The molecule has 0 unspecified atom stereocenters. The van der Waals surface area contributed by atoms with E-state index in [0.717, 1.165) is 33.2 Å². The van der Waals surface area contributed by atoms with Crippen molar-refractivity contribution in [2.75, 3.05) is 0 Å². The first kappa shape index (κ1) is 36.0. The minimum absolute atomic E-state index is 0.143. The molecule has 1 spiro atoms. The molecule has 0 saturated carbocycles. The van der Waals surface area contributed by atoms with Crippen LogP contribution in [0.4, 0.5) is 0 Å². The van der Waals surface area contributed by atoms with Crippen LogP contribution in [0.15, 0.2) is 133 Å². The molecule has 0 amide bonds. The molecule has 0 bridgehead atoms. The minimum Gasteiger partial charge on any atom is -0.309 e. The zero-order valence-electron chi connectivity index (χ0n) is 33.1. The highest BCUT2D eigenvalue weighted by atomic mass is 15.2. The fourth-order valence-corrected chi connectivity index (χ4v) is 11.0. The van der Waals surface area contributed by atoms with Gasteiger partial charge in [-0.15, -0.1) is 21.9 Å². The van der Waals surface area contributed by atoms with Crippen molar-refractivity contribution < 1.29 is 0 Å². The summed E-state index contributed by atoms with van der Waals surface area (Å²) in [7, 11) is 52.7. The van der Waals surface area contributed by atoms with Gasteiger partial charge >= 0.3 is 0 Å². The molecule has 4 nitrogen and oxygen atoms in total. The van der Waals surface area contributed by atoms with Gasteiger partial charge in [-0.3, -0.25) is 8.97 Å². The highest BCUT2D eigenvalue weighted by molar-refractivity contribution is 6.68. The fourth-order valence-electron chi connectivity index (χ4n) is 11.0. The molecule has 12 heteroatoms. The Hall–Kier alpha value is -6.65. The molecule has 16 radical (unpaired) electrons. The van der Waals surface area contributed by atoms with Crippen LogP contribution in [0, 0.1) is 0 Å². The lowest BCUT2D eigenvalue weighted by Crippen LogP contribution is -2.49. The molecule has 8 aromatic carbocycles. The molecule has 2 aliphatic rings. The molecule has 0 N–H and O–H groups in total. The maximum atomic E-state index is 6.87. The second kappa shape index (κ2) is 12.3. The van der Waals surface area contributed by atoms with E-state index in [4.69, 9.17) is 67.8 Å². The van der Waals surface area contributed by atoms with Crippen LogP contribution in [-0.4, -0.2) is 81.3 Å². The lowest BCUT2D eigenvalue weighted by molar-refractivity contribution is 0.793. The van der Waals surface area contributed by atoms with Crippen molar-refractivity contribution in [2.24, 2.45) is 0 Å². The summed E-state index contributed by atoms with van der Waals surface area (Å²) < 4.78 is 6.10. The van der Waals surface area contributed by atoms with E-state index in [1.807, 2.05) is 4.57 Å². The summed E-state index contributed by atoms with van der Waals surface area (Å²) in [6, 6.07) is 48.2. The predicted molar refractivity (Wildman–Crippen MR) is 263 cm³/mol. The normalized spacial score (nSPS) is 13.5. The Morgan fingerprint density at radius 1 is 0.403 bits per heavy atom. The van der Waals surface area contributed by atoms with Gasteiger partial charge in [-0.2, -0.15) is 0 Å².